The van der Waals surface area contributed by atoms with Crippen molar-refractivity contribution in [2.45, 2.75) is 39.7 Å². The van der Waals surface area contributed by atoms with Gasteiger partial charge < -0.3 is 10.0 Å². The Kier molecular flexibility index (Phi) is 6.16. The van der Waals surface area contributed by atoms with Crippen LogP contribution in [0.5, 0.6) is 5.75 Å². The van der Waals surface area contributed by atoms with Crippen molar-refractivity contribution in [3.05, 3.63) is 29.3 Å². The van der Waals surface area contributed by atoms with E-state index in [0.717, 1.165) is 18.4 Å². The molecule has 4 heteroatoms. The summed E-state index contributed by atoms with van der Waals surface area (Å²) in [5.74, 6) is 0.506. The van der Waals surface area contributed by atoms with Crippen LogP contribution in [0.4, 0.5) is 0 Å². The zero-order valence-corrected chi connectivity index (χ0v) is 12.6. The molecule has 0 bridgehead atoms. The number of halogens is 1. The highest BCUT2D eigenvalue weighted by Crippen LogP contribution is 2.20. The Balaban J connectivity index is 3.01. The molecule has 0 radical (unpaired) electrons. The predicted molar refractivity (Wildman–Crippen MR) is 79.0 cm³/mol. The van der Waals surface area contributed by atoms with Crippen molar-refractivity contribution in [2.24, 2.45) is 0 Å². The Morgan fingerprint density at radius 1 is 1.37 bits per heavy atom. The van der Waals surface area contributed by atoms with Gasteiger partial charge in [0.05, 0.1) is 0 Å². The summed E-state index contributed by atoms with van der Waals surface area (Å²) in [6.45, 7) is 6.47. The first kappa shape index (κ1) is 15.8. The molecule has 0 fully saturated rings. The summed E-state index contributed by atoms with van der Waals surface area (Å²) in [7, 11) is 0. The molecule has 0 heterocycles. The maximum Gasteiger partial charge on any atom is 0.254 e. The number of carbonyl (C=O) groups is 1. The highest BCUT2D eigenvalue weighted by molar-refractivity contribution is 6.18. The molecule has 0 aliphatic rings. The number of phenols is 1. The van der Waals surface area contributed by atoms with Crippen LogP contribution < -0.4 is 0 Å². The molecule has 0 aliphatic carbocycles. The van der Waals surface area contributed by atoms with E-state index >= 15 is 0 Å². The number of alkyl halides is 1. The van der Waals surface area contributed by atoms with E-state index in [0.29, 0.717) is 18.0 Å². The highest BCUT2D eigenvalue weighted by atomic mass is 35.5. The summed E-state index contributed by atoms with van der Waals surface area (Å²) in [5.41, 5.74) is 1.28. The van der Waals surface area contributed by atoms with Crippen LogP contribution in [0.3, 0.4) is 0 Å². The van der Waals surface area contributed by atoms with Crippen LogP contribution in [0.2, 0.25) is 0 Å². The molecule has 1 aromatic carbocycles. The molecule has 1 rings (SSSR count). The summed E-state index contributed by atoms with van der Waals surface area (Å²) in [5, 5.41) is 9.72. The first-order valence-electron chi connectivity index (χ1n) is 6.71. The summed E-state index contributed by atoms with van der Waals surface area (Å²) >= 11 is 5.80. The number of hydrogen-bond acceptors (Lipinski definition) is 2. The Bertz CT molecular complexity index is 430. The maximum absolute atomic E-state index is 12.5. The number of phenolic OH excluding ortho intramolecular Hbond substituents is 1. The maximum atomic E-state index is 12.5. The molecular formula is C15H22ClNO2. The molecule has 0 atom stereocenters. The van der Waals surface area contributed by atoms with Crippen molar-refractivity contribution in [2.75, 3.05) is 12.4 Å². The number of rotatable bonds is 6. The Hall–Kier alpha value is -1.22. The molecule has 1 aromatic rings. The van der Waals surface area contributed by atoms with E-state index in [4.69, 9.17) is 11.6 Å². The van der Waals surface area contributed by atoms with Gasteiger partial charge in [-0.15, -0.1) is 11.6 Å². The summed E-state index contributed by atoms with van der Waals surface area (Å²) in [6, 6.07) is 5.23. The summed E-state index contributed by atoms with van der Waals surface area (Å²) < 4.78 is 0. The van der Waals surface area contributed by atoms with Gasteiger partial charge in [-0.3, -0.25) is 4.79 Å². The van der Waals surface area contributed by atoms with Gasteiger partial charge in [-0.1, -0.05) is 19.9 Å². The van der Waals surface area contributed by atoms with Crippen LogP contribution in [0.25, 0.3) is 0 Å². The Morgan fingerprint density at radius 2 is 2.00 bits per heavy atom. The van der Waals surface area contributed by atoms with Crippen LogP contribution in [-0.4, -0.2) is 34.4 Å². The summed E-state index contributed by atoms with van der Waals surface area (Å²) in [6.07, 6.45) is 1.80. The van der Waals surface area contributed by atoms with Gasteiger partial charge in [-0.25, -0.2) is 0 Å². The van der Waals surface area contributed by atoms with E-state index in [1.165, 1.54) is 6.07 Å². The normalized spacial score (nSPS) is 10.8. The van der Waals surface area contributed by atoms with Gasteiger partial charge in [-0.05, 0) is 37.5 Å². The lowest BCUT2D eigenvalue weighted by atomic mass is 10.1. The van der Waals surface area contributed by atoms with Gasteiger partial charge in [0, 0.05) is 24.0 Å². The monoisotopic (exact) mass is 283 g/mol. The van der Waals surface area contributed by atoms with Gasteiger partial charge >= 0.3 is 0 Å². The van der Waals surface area contributed by atoms with E-state index in [9.17, 15) is 9.90 Å². The number of nitrogens with zero attached hydrogens (tertiary/aromatic N) is 1. The highest BCUT2D eigenvalue weighted by Gasteiger charge is 2.22. The van der Waals surface area contributed by atoms with Gasteiger partial charge in [-0.2, -0.15) is 0 Å². The first-order valence-corrected chi connectivity index (χ1v) is 7.25. The molecule has 0 unspecified atom stereocenters. The summed E-state index contributed by atoms with van der Waals surface area (Å²) in [4.78, 5) is 14.3. The average Bonchev–Trinajstić information content (AvgIpc) is 2.41. The second-order valence-electron chi connectivity index (χ2n) is 4.66. The third-order valence-corrected chi connectivity index (χ3v) is 3.59. The van der Waals surface area contributed by atoms with Crippen molar-refractivity contribution < 1.29 is 9.90 Å². The smallest absolute Gasteiger partial charge is 0.254 e. The van der Waals surface area contributed by atoms with E-state index in [1.54, 1.807) is 24.0 Å². The van der Waals surface area contributed by atoms with Crippen molar-refractivity contribution in [3.63, 3.8) is 0 Å². The minimum atomic E-state index is -0.0651. The van der Waals surface area contributed by atoms with Crippen molar-refractivity contribution >= 4 is 17.5 Å². The van der Waals surface area contributed by atoms with E-state index in [1.807, 2.05) is 0 Å². The molecule has 1 N–H and O–H groups in total. The fourth-order valence-corrected chi connectivity index (χ4v) is 2.36. The van der Waals surface area contributed by atoms with Gasteiger partial charge in [0.2, 0.25) is 0 Å². The zero-order chi connectivity index (χ0) is 14.4. The number of amides is 1. The lowest BCUT2D eigenvalue weighted by Crippen LogP contribution is -2.41. The molecule has 1 amide bonds. The SMILES string of the molecule is CCC(CC)N(CCCl)C(=O)c1ccc(C)c(O)c1. The third kappa shape index (κ3) is 3.87. The molecule has 106 valence electrons. The Morgan fingerprint density at radius 3 is 2.47 bits per heavy atom. The third-order valence-electron chi connectivity index (χ3n) is 3.43. The van der Waals surface area contributed by atoms with Gasteiger partial charge in [0.15, 0.2) is 0 Å². The molecular weight excluding hydrogens is 262 g/mol. The van der Waals surface area contributed by atoms with E-state index in [2.05, 4.69) is 13.8 Å². The fraction of sp³-hybridized carbons (Fsp3) is 0.533. The molecule has 0 spiro atoms. The number of benzene rings is 1. The molecule has 19 heavy (non-hydrogen) atoms. The minimum Gasteiger partial charge on any atom is -0.508 e. The molecule has 3 nitrogen and oxygen atoms in total. The largest absolute Gasteiger partial charge is 0.508 e. The molecule has 0 aromatic heterocycles. The zero-order valence-electron chi connectivity index (χ0n) is 11.8. The van der Waals surface area contributed by atoms with Crippen molar-refractivity contribution in [1.29, 1.82) is 0 Å². The van der Waals surface area contributed by atoms with Gasteiger partial charge in [0.25, 0.3) is 5.91 Å². The topological polar surface area (TPSA) is 40.5 Å². The lowest BCUT2D eigenvalue weighted by molar-refractivity contribution is 0.0681. The standard InChI is InChI=1S/C15H22ClNO2/c1-4-13(5-2)17(9-8-16)15(19)12-7-6-11(3)14(18)10-12/h6-7,10,13,18H,4-5,8-9H2,1-3H3. The molecule has 0 saturated carbocycles. The van der Waals surface area contributed by atoms with E-state index in [-0.39, 0.29) is 17.7 Å². The second kappa shape index (κ2) is 7.39. The van der Waals surface area contributed by atoms with Crippen molar-refractivity contribution in [1.82, 2.24) is 4.90 Å². The van der Waals surface area contributed by atoms with Crippen LogP contribution in [0.1, 0.15) is 42.6 Å². The average molecular weight is 284 g/mol. The first-order chi connectivity index (χ1) is 9.04. The minimum absolute atomic E-state index is 0.0651. The lowest BCUT2D eigenvalue weighted by Gasteiger charge is -2.30. The van der Waals surface area contributed by atoms with Crippen LogP contribution in [0.15, 0.2) is 18.2 Å². The molecule has 0 saturated heterocycles. The number of carbonyl (C=O) groups excluding carboxylic acids is 1. The van der Waals surface area contributed by atoms with Gasteiger partial charge in [0.1, 0.15) is 5.75 Å². The van der Waals surface area contributed by atoms with Crippen LogP contribution >= 0.6 is 11.6 Å². The number of aryl methyl sites for hydroxylation is 1. The second-order valence-corrected chi connectivity index (χ2v) is 5.04. The van der Waals surface area contributed by atoms with Crippen molar-refractivity contribution in [3.8, 4) is 5.75 Å². The van der Waals surface area contributed by atoms with E-state index < -0.39 is 0 Å². The van der Waals surface area contributed by atoms with Crippen LogP contribution in [-0.2, 0) is 0 Å². The number of aromatic hydroxyl groups is 1. The Labute approximate surface area is 120 Å². The number of hydrogen-bond donors (Lipinski definition) is 1. The fourth-order valence-electron chi connectivity index (χ4n) is 2.18. The van der Waals surface area contributed by atoms with Crippen LogP contribution in [0, 0.1) is 6.92 Å². The predicted octanol–water partition coefficient (Wildman–Crippen LogP) is 3.57. The quantitative estimate of drug-likeness (QED) is 0.811. The molecule has 0 aliphatic heterocycles.